The van der Waals surface area contributed by atoms with Crippen LogP contribution in [0.15, 0.2) is 34.2 Å². The van der Waals surface area contributed by atoms with Crippen molar-refractivity contribution in [3.63, 3.8) is 0 Å². The Hall–Kier alpha value is -0.610. The summed E-state index contributed by atoms with van der Waals surface area (Å²) in [4.78, 5) is 5.18. The zero-order chi connectivity index (χ0) is 10.4. The minimum atomic E-state index is 0.638. The molecule has 0 fully saturated rings. The van der Waals surface area contributed by atoms with Crippen LogP contribution in [0.3, 0.4) is 0 Å². The van der Waals surface area contributed by atoms with Crippen LogP contribution in [-0.2, 0) is 5.75 Å². The van der Waals surface area contributed by atoms with Gasteiger partial charge in [-0.05, 0) is 24.0 Å². The maximum absolute atomic E-state index is 5.59. The van der Waals surface area contributed by atoms with Gasteiger partial charge in [-0.3, -0.25) is 4.99 Å². The van der Waals surface area contributed by atoms with Gasteiger partial charge in [0.05, 0.1) is 0 Å². The van der Waals surface area contributed by atoms with E-state index in [0.29, 0.717) is 5.17 Å². The van der Waals surface area contributed by atoms with Gasteiger partial charge in [0, 0.05) is 17.7 Å². The summed E-state index contributed by atoms with van der Waals surface area (Å²) in [5.74, 6) is 0.887. The molecule has 0 aromatic heterocycles. The number of benzene rings is 1. The maximum Gasteiger partial charge on any atom is 0.153 e. The summed E-state index contributed by atoms with van der Waals surface area (Å²) < 4.78 is 0. The van der Waals surface area contributed by atoms with Gasteiger partial charge in [0.15, 0.2) is 5.17 Å². The van der Waals surface area contributed by atoms with E-state index < -0.39 is 0 Å². The molecule has 2 nitrogen and oxygen atoms in total. The summed E-state index contributed by atoms with van der Waals surface area (Å²) in [6.07, 6.45) is 2.07. The number of rotatable bonds is 3. The second-order valence-corrected chi connectivity index (χ2v) is 4.57. The molecule has 14 heavy (non-hydrogen) atoms. The number of hydrogen-bond acceptors (Lipinski definition) is 3. The van der Waals surface area contributed by atoms with Gasteiger partial charge in [-0.25, -0.2) is 0 Å². The molecule has 0 radical (unpaired) electrons. The Morgan fingerprint density at radius 1 is 1.36 bits per heavy atom. The summed E-state index contributed by atoms with van der Waals surface area (Å²) in [5, 5.41) is 0.638. The minimum Gasteiger partial charge on any atom is -0.379 e. The third kappa shape index (κ3) is 3.64. The van der Waals surface area contributed by atoms with E-state index in [1.807, 2.05) is 0 Å². The van der Waals surface area contributed by atoms with Crippen molar-refractivity contribution in [1.82, 2.24) is 0 Å². The fourth-order valence-corrected chi connectivity index (χ4v) is 1.99. The van der Waals surface area contributed by atoms with Crippen LogP contribution in [0.1, 0.15) is 5.56 Å². The number of nitrogens with zero attached hydrogens (tertiary/aromatic N) is 1. The van der Waals surface area contributed by atoms with Crippen LogP contribution in [0.4, 0.5) is 0 Å². The molecule has 1 aromatic rings. The van der Waals surface area contributed by atoms with Crippen molar-refractivity contribution in [2.75, 3.05) is 13.3 Å². The quantitative estimate of drug-likeness (QED) is 0.489. The number of hydrogen-bond donors (Lipinski definition) is 1. The zero-order valence-electron chi connectivity index (χ0n) is 8.36. The number of thioether (sulfide) groups is 2. The number of amidine groups is 1. The highest BCUT2D eigenvalue weighted by Crippen LogP contribution is 2.17. The summed E-state index contributed by atoms with van der Waals surface area (Å²) in [5.41, 5.74) is 6.86. The van der Waals surface area contributed by atoms with Crippen molar-refractivity contribution < 1.29 is 0 Å². The molecule has 1 aromatic carbocycles. The largest absolute Gasteiger partial charge is 0.379 e. The smallest absolute Gasteiger partial charge is 0.153 e. The van der Waals surface area contributed by atoms with Gasteiger partial charge in [0.2, 0.25) is 0 Å². The normalized spacial score (nSPS) is 11.7. The van der Waals surface area contributed by atoms with Gasteiger partial charge in [-0.2, -0.15) is 0 Å². The molecule has 0 atom stereocenters. The van der Waals surface area contributed by atoms with E-state index in [4.69, 9.17) is 5.73 Å². The number of nitrogens with two attached hydrogens (primary N) is 1. The van der Waals surface area contributed by atoms with E-state index in [2.05, 4.69) is 35.5 Å². The van der Waals surface area contributed by atoms with Crippen LogP contribution in [0.5, 0.6) is 0 Å². The van der Waals surface area contributed by atoms with Crippen molar-refractivity contribution in [1.29, 1.82) is 0 Å². The standard InChI is InChI=1S/C10H14N2S2/c1-12-10(11)14-7-8-3-5-9(13-2)6-4-8/h3-6H,7H2,1-2H3,(H2,11,12). The molecule has 0 unspecified atom stereocenters. The Kier molecular flexibility index (Phi) is 4.90. The Bertz CT molecular complexity index is 306. The van der Waals surface area contributed by atoms with Gasteiger partial charge in [-0.1, -0.05) is 23.9 Å². The lowest BCUT2D eigenvalue weighted by Crippen LogP contribution is -2.05. The minimum absolute atomic E-state index is 0.638. The topological polar surface area (TPSA) is 38.4 Å². The van der Waals surface area contributed by atoms with E-state index in [1.165, 1.54) is 10.5 Å². The Labute approximate surface area is 93.4 Å². The zero-order valence-corrected chi connectivity index (χ0v) is 9.99. The second-order valence-electron chi connectivity index (χ2n) is 2.70. The van der Waals surface area contributed by atoms with E-state index >= 15 is 0 Å². The average Bonchev–Trinajstić information content (AvgIpc) is 2.26. The molecule has 0 saturated carbocycles. The van der Waals surface area contributed by atoms with Crippen molar-refractivity contribution in [3.8, 4) is 0 Å². The number of aliphatic imine (C=N–C) groups is 1. The van der Waals surface area contributed by atoms with E-state index in [9.17, 15) is 0 Å². The average molecular weight is 226 g/mol. The first-order chi connectivity index (χ1) is 6.76. The van der Waals surface area contributed by atoms with Crippen LogP contribution in [0.2, 0.25) is 0 Å². The van der Waals surface area contributed by atoms with Gasteiger partial charge < -0.3 is 5.73 Å². The maximum atomic E-state index is 5.59. The highest BCUT2D eigenvalue weighted by Gasteiger charge is 1.96. The van der Waals surface area contributed by atoms with E-state index in [0.717, 1.165) is 5.75 Å². The molecule has 0 aliphatic heterocycles. The van der Waals surface area contributed by atoms with Gasteiger partial charge in [-0.15, -0.1) is 11.8 Å². The fourth-order valence-electron chi connectivity index (χ4n) is 0.944. The van der Waals surface area contributed by atoms with Gasteiger partial charge >= 0.3 is 0 Å². The molecular formula is C10H14N2S2. The molecule has 0 aliphatic rings. The lowest BCUT2D eigenvalue weighted by atomic mass is 10.2. The Morgan fingerprint density at radius 3 is 2.50 bits per heavy atom. The molecule has 0 saturated heterocycles. The first-order valence-electron chi connectivity index (χ1n) is 4.24. The van der Waals surface area contributed by atoms with Crippen molar-refractivity contribution in [3.05, 3.63) is 29.8 Å². The van der Waals surface area contributed by atoms with Crippen LogP contribution >= 0.6 is 23.5 Å². The van der Waals surface area contributed by atoms with Crippen LogP contribution in [0, 0.1) is 0 Å². The van der Waals surface area contributed by atoms with Crippen molar-refractivity contribution in [2.45, 2.75) is 10.6 Å². The second kappa shape index (κ2) is 5.98. The highest BCUT2D eigenvalue weighted by molar-refractivity contribution is 8.13. The van der Waals surface area contributed by atoms with Crippen LogP contribution in [0.25, 0.3) is 0 Å². The predicted molar refractivity (Wildman–Crippen MR) is 67.1 cm³/mol. The summed E-state index contributed by atoms with van der Waals surface area (Å²) >= 11 is 3.32. The van der Waals surface area contributed by atoms with Crippen LogP contribution in [-0.4, -0.2) is 18.5 Å². The molecule has 1 rings (SSSR count). The Morgan fingerprint density at radius 2 is 2.00 bits per heavy atom. The fraction of sp³-hybridized carbons (Fsp3) is 0.300. The molecule has 0 bridgehead atoms. The molecule has 4 heteroatoms. The molecular weight excluding hydrogens is 212 g/mol. The van der Waals surface area contributed by atoms with Crippen molar-refractivity contribution in [2.24, 2.45) is 10.7 Å². The van der Waals surface area contributed by atoms with Gasteiger partial charge in [0.1, 0.15) is 0 Å². The third-order valence-corrected chi connectivity index (χ3v) is 3.47. The first kappa shape index (κ1) is 11.5. The van der Waals surface area contributed by atoms with Crippen molar-refractivity contribution >= 4 is 28.7 Å². The summed E-state index contributed by atoms with van der Waals surface area (Å²) in [6, 6.07) is 8.50. The monoisotopic (exact) mass is 226 g/mol. The summed E-state index contributed by atoms with van der Waals surface area (Å²) in [7, 11) is 1.71. The Balaban J connectivity index is 2.52. The predicted octanol–water partition coefficient (Wildman–Crippen LogP) is 2.59. The molecule has 0 amide bonds. The first-order valence-corrected chi connectivity index (χ1v) is 6.45. The molecule has 0 spiro atoms. The summed E-state index contributed by atoms with van der Waals surface area (Å²) in [6.45, 7) is 0. The molecule has 0 aliphatic carbocycles. The lowest BCUT2D eigenvalue weighted by molar-refractivity contribution is 1.35. The molecule has 2 N–H and O–H groups in total. The third-order valence-electron chi connectivity index (χ3n) is 1.77. The van der Waals surface area contributed by atoms with Gasteiger partial charge in [0.25, 0.3) is 0 Å². The van der Waals surface area contributed by atoms with E-state index in [1.54, 1.807) is 30.6 Å². The van der Waals surface area contributed by atoms with Crippen LogP contribution < -0.4 is 5.73 Å². The van der Waals surface area contributed by atoms with E-state index in [-0.39, 0.29) is 0 Å². The molecule has 76 valence electrons. The molecule has 0 heterocycles. The SMILES string of the molecule is CN=C(N)SCc1ccc(SC)cc1. The lowest BCUT2D eigenvalue weighted by Gasteiger charge is -2.01. The highest BCUT2D eigenvalue weighted by atomic mass is 32.2.